The van der Waals surface area contributed by atoms with E-state index >= 15 is 0 Å². The van der Waals surface area contributed by atoms with Gasteiger partial charge >= 0.3 is 0 Å². The van der Waals surface area contributed by atoms with E-state index in [4.69, 9.17) is 5.73 Å². The largest absolute Gasteiger partial charge is 0.370 e. The van der Waals surface area contributed by atoms with Crippen LogP contribution in [0.2, 0.25) is 0 Å². The maximum atomic E-state index is 11.5. The first kappa shape index (κ1) is 19.7. The molecule has 5 nitrogen and oxygen atoms in total. The third kappa shape index (κ3) is 8.54. The highest BCUT2D eigenvalue weighted by Crippen LogP contribution is 2.11. The third-order valence-corrected chi connectivity index (χ3v) is 2.58. The van der Waals surface area contributed by atoms with Gasteiger partial charge in [0.25, 0.3) is 0 Å². The topological polar surface area (TPSA) is 79.5 Å². The van der Waals surface area contributed by atoms with E-state index in [1.165, 1.54) is 0 Å². The van der Waals surface area contributed by atoms with Crippen LogP contribution in [0.25, 0.3) is 0 Å². The number of nitrogens with two attached hydrogens (primary N) is 1. The van der Waals surface area contributed by atoms with Gasteiger partial charge in [-0.05, 0) is 38.0 Å². The molecule has 1 aromatic rings. The fourth-order valence-corrected chi connectivity index (χ4v) is 1.66. The van der Waals surface area contributed by atoms with Crippen LogP contribution in [0.15, 0.2) is 29.3 Å². The molecule has 0 saturated carbocycles. The number of nitrogens with one attached hydrogen (secondary N) is 2. The lowest BCUT2D eigenvalue weighted by molar-refractivity contribution is -0.116. The maximum absolute atomic E-state index is 11.5. The van der Waals surface area contributed by atoms with Crippen molar-refractivity contribution in [1.29, 1.82) is 0 Å². The Hall–Kier alpha value is -1.31. The number of hydrogen-bond donors (Lipinski definition) is 3. The summed E-state index contributed by atoms with van der Waals surface area (Å²) in [7, 11) is 0. The summed E-state index contributed by atoms with van der Waals surface area (Å²) < 4.78 is 0. The van der Waals surface area contributed by atoms with E-state index in [1.807, 2.05) is 45.0 Å². The molecule has 6 heteroatoms. The van der Waals surface area contributed by atoms with Crippen molar-refractivity contribution in [3.05, 3.63) is 29.8 Å². The van der Waals surface area contributed by atoms with E-state index in [0.29, 0.717) is 18.9 Å². The molecule has 0 fully saturated rings. The van der Waals surface area contributed by atoms with Gasteiger partial charge in [0.15, 0.2) is 5.96 Å². The van der Waals surface area contributed by atoms with Crippen molar-refractivity contribution in [3.8, 4) is 0 Å². The number of benzene rings is 1. The fourth-order valence-electron chi connectivity index (χ4n) is 1.66. The van der Waals surface area contributed by atoms with Crippen molar-refractivity contribution in [1.82, 2.24) is 5.32 Å². The monoisotopic (exact) mass is 404 g/mol. The predicted octanol–water partition coefficient (Wildman–Crippen LogP) is 2.86. The van der Waals surface area contributed by atoms with Crippen molar-refractivity contribution in [2.75, 3.05) is 5.32 Å². The van der Waals surface area contributed by atoms with Crippen molar-refractivity contribution >= 4 is 41.5 Å². The molecular formula is C15H25IN4O. The van der Waals surface area contributed by atoms with E-state index in [0.717, 1.165) is 17.7 Å². The Kier molecular flexibility index (Phi) is 9.77. The van der Waals surface area contributed by atoms with E-state index < -0.39 is 0 Å². The standard InChI is InChI=1S/C15H24N4O.HI/c1-4-5-14(20)19-13-8-6-12(7-9-13)10-17-15(16)18-11(2)3;/h6-9,11H,4-5,10H2,1-3H3,(H,19,20)(H3,16,17,18);1H. The minimum absolute atomic E-state index is 0. The Balaban J connectivity index is 0.00000400. The highest BCUT2D eigenvalue weighted by molar-refractivity contribution is 14.0. The maximum Gasteiger partial charge on any atom is 0.224 e. The molecular weight excluding hydrogens is 379 g/mol. The molecule has 4 N–H and O–H groups in total. The normalized spacial score (nSPS) is 11.0. The SMILES string of the molecule is CCCC(=O)Nc1ccc(CN=C(N)NC(C)C)cc1.I. The van der Waals surface area contributed by atoms with Gasteiger partial charge in [-0.1, -0.05) is 19.1 Å². The van der Waals surface area contributed by atoms with Gasteiger partial charge < -0.3 is 16.4 Å². The lowest BCUT2D eigenvalue weighted by Crippen LogP contribution is -2.36. The second-order valence-corrected chi connectivity index (χ2v) is 5.00. The molecule has 0 aliphatic heterocycles. The number of carbonyl (C=O) groups excluding carboxylic acids is 1. The van der Waals surface area contributed by atoms with Crippen molar-refractivity contribution in [2.45, 2.75) is 46.2 Å². The summed E-state index contributed by atoms with van der Waals surface area (Å²) in [5.41, 5.74) is 7.59. The summed E-state index contributed by atoms with van der Waals surface area (Å²) in [5, 5.41) is 5.88. The number of guanidine groups is 1. The van der Waals surface area contributed by atoms with Crippen LogP contribution in [-0.2, 0) is 11.3 Å². The minimum Gasteiger partial charge on any atom is -0.370 e. The van der Waals surface area contributed by atoms with Crippen LogP contribution in [0.5, 0.6) is 0 Å². The number of nitrogens with zero attached hydrogens (tertiary/aromatic N) is 1. The molecule has 0 radical (unpaired) electrons. The lowest BCUT2D eigenvalue weighted by Gasteiger charge is -2.08. The fraction of sp³-hybridized carbons (Fsp3) is 0.467. The molecule has 21 heavy (non-hydrogen) atoms. The number of hydrogen-bond acceptors (Lipinski definition) is 2. The average Bonchev–Trinajstić information content (AvgIpc) is 2.37. The van der Waals surface area contributed by atoms with Crippen LogP contribution in [0.3, 0.4) is 0 Å². The molecule has 118 valence electrons. The van der Waals surface area contributed by atoms with Crippen LogP contribution >= 0.6 is 24.0 Å². The lowest BCUT2D eigenvalue weighted by atomic mass is 10.2. The summed E-state index contributed by atoms with van der Waals surface area (Å²) in [6.07, 6.45) is 1.39. The van der Waals surface area contributed by atoms with Crippen LogP contribution in [0.1, 0.15) is 39.2 Å². The third-order valence-electron chi connectivity index (χ3n) is 2.58. The summed E-state index contributed by atoms with van der Waals surface area (Å²) in [6, 6.07) is 7.91. The highest BCUT2D eigenvalue weighted by atomic mass is 127. The smallest absolute Gasteiger partial charge is 0.224 e. The molecule has 1 rings (SSSR count). The molecule has 1 amide bonds. The van der Waals surface area contributed by atoms with Gasteiger partial charge in [0.05, 0.1) is 6.54 Å². The molecule has 0 aromatic heterocycles. The highest BCUT2D eigenvalue weighted by Gasteiger charge is 2.01. The molecule has 0 bridgehead atoms. The first-order chi connectivity index (χ1) is 9.51. The Labute approximate surface area is 143 Å². The predicted molar refractivity (Wildman–Crippen MR) is 99.0 cm³/mol. The molecule has 0 saturated heterocycles. The van der Waals surface area contributed by atoms with Crippen LogP contribution in [0.4, 0.5) is 5.69 Å². The second-order valence-electron chi connectivity index (χ2n) is 5.00. The summed E-state index contributed by atoms with van der Waals surface area (Å²) in [4.78, 5) is 15.7. The Bertz CT molecular complexity index is 457. The van der Waals surface area contributed by atoms with Crippen molar-refractivity contribution in [2.24, 2.45) is 10.7 Å². The second kappa shape index (κ2) is 10.4. The van der Waals surface area contributed by atoms with Crippen molar-refractivity contribution in [3.63, 3.8) is 0 Å². The zero-order valence-electron chi connectivity index (χ0n) is 12.8. The Morgan fingerprint density at radius 2 is 1.90 bits per heavy atom. The molecule has 0 aliphatic rings. The molecule has 0 heterocycles. The number of anilines is 1. The Morgan fingerprint density at radius 3 is 2.43 bits per heavy atom. The van der Waals surface area contributed by atoms with Crippen molar-refractivity contribution < 1.29 is 4.79 Å². The number of halogens is 1. The number of amides is 1. The van der Waals surface area contributed by atoms with Gasteiger partial charge in [-0.25, -0.2) is 4.99 Å². The average molecular weight is 404 g/mol. The van der Waals surface area contributed by atoms with Gasteiger partial charge in [0.2, 0.25) is 5.91 Å². The number of carbonyl (C=O) groups is 1. The van der Waals surface area contributed by atoms with Crippen LogP contribution < -0.4 is 16.4 Å². The molecule has 0 aliphatic carbocycles. The zero-order chi connectivity index (χ0) is 15.0. The quantitative estimate of drug-likeness (QED) is 0.388. The van der Waals surface area contributed by atoms with E-state index in [9.17, 15) is 4.79 Å². The van der Waals surface area contributed by atoms with Crippen LogP contribution in [-0.4, -0.2) is 17.9 Å². The van der Waals surface area contributed by atoms with Gasteiger partial charge in [-0.15, -0.1) is 24.0 Å². The summed E-state index contributed by atoms with van der Waals surface area (Å²) >= 11 is 0. The van der Waals surface area contributed by atoms with E-state index in [2.05, 4.69) is 15.6 Å². The van der Waals surface area contributed by atoms with Gasteiger partial charge in [0.1, 0.15) is 0 Å². The van der Waals surface area contributed by atoms with Gasteiger partial charge in [-0.2, -0.15) is 0 Å². The first-order valence-electron chi connectivity index (χ1n) is 6.96. The molecule has 0 unspecified atom stereocenters. The van der Waals surface area contributed by atoms with Crippen LogP contribution in [0, 0.1) is 0 Å². The number of rotatable bonds is 6. The van der Waals surface area contributed by atoms with Gasteiger partial charge in [-0.3, -0.25) is 4.79 Å². The first-order valence-corrected chi connectivity index (χ1v) is 6.96. The summed E-state index contributed by atoms with van der Waals surface area (Å²) in [5.74, 6) is 0.490. The molecule has 1 aromatic carbocycles. The molecule has 0 spiro atoms. The van der Waals surface area contributed by atoms with E-state index in [-0.39, 0.29) is 35.9 Å². The molecule has 0 atom stereocenters. The number of aliphatic imine (C=N–C) groups is 1. The zero-order valence-corrected chi connectivity index (χ0v) is 15.2. The van der Waals surface area contributed by atoms with E-state index in [1.54, 1.807) is 0 Å². The summed E-state index contributed by atoms with van der Waals surface area (Å²) in [6.45, 7) is 6.53. The van der Waals surface area contributed by atoms with Gasteiger partial charge in [0, 0.05) is 18.2 Å². The minimum atomic E-state index is 0. The Morgan fingerprint density at radius 1 is 1.29 bits per heavy atom.